The molecule has 1 aliphatic carbocycles. The van der Waals surface area contributed by atoms with Gasteiger partial charge in [0.05, 0.1) is 17.6 Å². The molecule has 7 heteroatoms. The van der Waals surface area contributed by atoms with Crippen LogP contribution >= 0.6 is 0 Å². The molecule has 1 aliphatic rings. The van der Waals surface area contributed by atoms with Gasteiger partial charge in [-0.05, 0) is 19.3 Å². The second kappa shape index (κ2) is 3.79. The van der Waals surface area contributed by atoms with E-state index in [-0.39, 0.29) is 0 Å². The summed E-state index contributed by atoms with van der Waals surface area (Å²) >= 11 is 0. The lowest BCUT2D eigenvalue weighted by Gasteiger charge is -2.16. The van der Waals surface area contributed by atoms with Crippen LogP contribution in [0.4, 0.5) is 0 Å². The fraction of sp³-hybridized carbons (Fsp3) is 1.00. The molecule has 0 N–H and O–H groups in total. The third kappa shape index (κ3) is 3.21. The summed E-state index contributed by atoms with van der Waals surface area (Å²) in [5.41, 5.74) is 0. The van der Waals surface area contributed by atoms with E-state index >= 15 is 0 Å². The Balaban J connectivity index is 2.81. The van der Waals surface area contributed by atoms with E-state index in [1.54, 1.807) is 0 Å². The van der Waals surface area contributed by atoms with Gasteiger partial charge in [0.25, 0.3) is 10.1 Å². The maximum Gasteiger partial charge on any atom is 0.264 e. The molecule has 0 aromatic heterocycles. The monoisotopic (exact) mass is 242 g/mol. The number of sulfone groups is 1. The minimum absolute atomic E-state index is 0.485. The molecule has 84 valence electrons. The Hall–Kier alpha value is -0.140. The van der Waals surface area contributed by atoms with Gasteiger partial charge in [-0.2, -0.15) is 8.42 Å². The lowest BCUT2D eigenvalue weighted by molar-refractivity contribution is 0.221. The standard InChI is InChI=1S/C7H14O5S2/c1-13(8,9)7-5-3-4-6(7)12-14(2,10)11/h6-7H,3-5H2,1-2H3. The van der Waals surface area contributed by atoms with Crippen molar-refractivity contribution in [1.29, 1.82) is 0 Å². The molecule has 14 heavy (non-hydrogen) atoms. The third-order valence-electron chi connectivity index (χ3n) is 2.24. The average Bonchev–Trinajstić information content (AvgIpc) is 2.29. The van der Waals surface area contributed by atoms with E-state index in [9.17, 15) is 16.8 Å². The maximum absolute atomic E-state index is 11.3. The second-order valence-corrected chi connectivity index (χ2v) is 7.50. The first kappa shape index (κ1) is 11.9. The van der Waals surface area contributed by atoms with E-state index in [1.807, 2.05) is 0 Å². The van der Waals surface area contributed by atoms with Crippen LogP contribution in [0.1, 0.15) is 19.3 Å². The Morgan fingerprint density at radius 1 is 1.07 bits per heavy atom. The van der Waals surface area contributed by atoms with Crippen molar-refractivity contribution in [2.75, 3.05) is 12.5 Å². The van der Waals surface area contributed by atoms with Crippen LogP contribution in [0.25, 0.3) is 0 Å². The lowest BCUT2D eigenvalue weighted by atomic mass is 10.3. The number of rotatable bonds is 3. The van der Waals surface area contributed by atoms with Gasteiger partial charge >= 0.3 is 0 Å². The summed E-state index contributed by atoms with van der Waals surface area (Å²) in [6.07, 6.45) is 3.02. The summed E-state index contributed by atoms with van der Waals surface area (Å²) in [5, 5.41) is -0.669. The van der Waals surface area contributed by atoms with Crippen LogP contribution in [0.2, 0.25) is 0 Å². The average molecular weight is 242 g/mol. The highest BCUT2D eigenvalue weighted by Gasteiger charge is 2.37. The quantitative estimate of drug-likeness (QED) is 0.647. The fourth-order valence-electron chi connectivity index (χ4n) is 1.72. The van der Waals surface area contributed by atoms with Gasteiger partial charge in [0.1, 0.15) is 0 Å². The Labute approximate surface area is 84.5 Å². The van der Waals surface area contributed by atoms with Gasteiger partial charge in [-0.1, -0.05) is 0 Å². The molecule has 0 bridgehead atoms. The Kier molecular flexibility index (Phi) is 3.23. The Morgan fingerprint density at radius 2 is 1.64 bits per heavy atom. The van der Waals surface area contributed by atoms with Crippen molar-refractivity contribution < 1.29 is 21.0 Å². The number of hydrogen-bond acceptors (Lipinski definition) is 5. The molecular weight excluding hydrogens is 228 g/mol. The molecule has 0 aromatic carbocycles. The van der Waals surface area contributed by atoms with E-state index in [4.69, 9.17) is 4.18 Å². The van der Waals surface area contributed by atoms with Gasteiger partial charge in [-0.3, -0.25) is 4.18 Å². The Morgan fingerprint density at radius 3 is 2.07 bits per heavy atom. The molecule has 0 amide bonds. The highest BCUT2D eigenvalue weighted by Crippen LogP contribution is 2.28. The molecule has 0 radical (unpaired) electrons. The first-order valence-corrected chi connectivity index (χ1v) is 8.04. The summed E-state index contributed by atoms with van der Waals surface area (Å²) in [5.74, 6) is 0. The van der Waals surface area contributed by atoms with Crippen molar-refractivity contribution in [3.63, 3.8) is 0 Å². The predicted molar refractivity (Wildman–Crippen MR) is 52.2 cm³/mol. The van der Waals surface area contributed by atoms with Crippen molar-refractivity contribution in [2.24, 2.45) is 0 Å². The zero-order valence-corrected chi connectivity index (χ0v) is 9.77. The first-order chi connectivity index (χ1) is 6.20. The van der Waals surface area contributed by atoms with Crippen molar-refractivity contribution in [1.82, 2.24) is 0 Å². The second-order valence-electron chi connectivity index (χ2n) is 3.64. The van der Waals surface area contributed by atoms with Crippen molar-refractivity contribution in [2.45, 2.75) is 30.6 Å². The van der Waals surface area contributed by atoms with E-state index in [0.717, 1.165) is 12.5 Å². The molecule has 0 spiro atoms. The molecule has 2 unspecified atom stereocenters. The van der Waals surface area contributed by atoms with E-state index < -0.39 is 31.3 Å². The normalized spacial score (nSPS) is 29.3. The predicted octanol–water partition coefficient (Wildman–Crippen LogP) is -0.0717. The fourth-order valence-corrected chi connectivity index (χ4v) is 3.80. The minimum Gasteiger partial charge on any atom is -0.266 e. The van der Waals surface area contributed by atoms with E-state index in [2.05, 4.69) is 0 Å². The summed E-state index contributed by atoms with van der Waals surface area (Å²) in [4.78, 5) is 0. The molecule has 5 nitrogen and oxygen atoms in total. The van der Waals surface area contributed by atoms with Gasteiger partial charge < -0.3 is 0 Å². The minimum atomic E-state index is -3.57. The van der Waals surface area contributed by atoms with Crippen LogP contribution < -0.4 is 0 Å². The molecule has 1 rings (SSSR count). The van der Waals surface area contributed by atoms with Crippen LogP contribution in [0.3, 0.4) is 0 Å². The third-order valence-corrected chi connectivity index (χ3v) is 4.48. The molecule has 0 aromatic rings. The van der Waals surface area contributed by atoms with E-state index in [1.165, 1.54) is 0 Å². The summed E-state index contributed by atoms with van der Waals surface area (Å²) in [7, 11) is -6.78. The van der Waals surface area contributed by atoms with Crippen LogP contribution in [0.15, 0.2) is 0 Å². The van der Waals surface area contributed by atoms with Crippen molar-refractivity contribution in [3.05, 3.63) is 0 Å². The highest BCUT2D eigenvalue weighted by atomic mass is 32.2. The molecule has 1 saturated carbocycles. The molecule has 0 heterocycles. The summed E-state index contributed by atoms with van der Waals surface area (Å²) in [6.45, 7) is 0. The number of hydrogen-bond donors (Lipinski definition) is 0. The van der Waals surface area contributed by atoms with Crippen LogP contribution in [-0.2, 0) is 24.1 Å². The lowest BCUT2D eigenvalue weighted by Crippen LogP contribution is -2.32. The van der Waals surface area contributed by atoms with Gasteiger partial charge in [0.15, 0.2) is 9.84 Å². The van der Waals surface area contributed by atoms with Crippen LogP contribution in [-0.4, -0.2) is 40.7 Å². The molecule has 2 atom stereocenters. The summed E-state index contributed by atoms with van der Waals surface area (Å²) in [6, 6.07) is 0. The molecule has 0 saturated heterocycles. The highest BCUT2D eigenvalue weighted by molar-refractivity contribution is 7.91. The van der Waals surface area contributed by atoms with Crippen molar-refractivity contribution >= 4 is 20.0 Å². The SMILES string of the molecule is CS(=O)(=O)OC1CCCC1S(C)(=O)=O. The van der Waals surface area contributed by atoms with Gasteiger partial charge in [-0.15, -0.1) is 0 Å². The molecule has 1 fully saturated rings. The van der Waals surface area contributed by atoms with Gasteiger partial charge in [-0.25, -0.2) is 8.42 Å². The zero-order chi connectivity index (χ0) is 11.0. The Bertz CT molecular complexity index is 394. The topological polar surface area (TPSA) is 77.5 Å². The summed E-state index contributed by atoms with van der Waals surface area (Å²) < 4.78 is 48.9. The van der Waals surface area contributed by atoms with Crippen molar-refractivity contribution in [3.8, 4) is 0 Å². The smallest absolute Gasteiger partial charge is 0.264 e. The van der Waals surface area contributed by atoms with Gasteiger partial charge in [0, 0.05) is 6.26 Å². The maximum atomic E-state index is 11.3. The molecule has 0 aliphatic heterocycles. The van der Waals surface area contributed by atoms with Crippen LogP contribution in [0.5, 0.6) is 0 Å². The van der Waals surface area contributed by atoms with E-state index in [0.29, 0.717) is 19.3 Å². The zero-order valence-electron chi connectivity index (χ0n) is 8.13. The van der Waals surface area contributed by atoms with Gasteiger partial charge in [0.2, 0.25) is 0 Å². The first-order valence-electron chi connectivity index (χ1n) is 4.27. The largest absolute Gasteiger partial charge is 0.266 e. The molecular formula is C7H14O5S2. The van der Waals surface area contributed by atoms with Crippen LogP contribution in [0, 0.1) is 0 Å².